The summed E-state index contributed by atoms with van der Waals surface area (Å²) >= 11 is 0. The van der Waals surface area contributed by atoms with Crippen LogP contribution in [0.5, 0.6) is 11.5 Å². The third-order valence-corrected chi connectivity index (χ3v) is 11.2. The predicted octanol–water partition coefficient (Wildman–Crippen LogP) is 10.0. The van der Waals surface area contributed by atoms with Crippen LogP contribution in [0.2, 0.25) is 0 Å². The van der Waals surface area contributed by atoms with Gasteiger partial charge in [0, 0.05) is 51.4 Å². The Labute approximate surface area is 327 Å². The molecule has 53 heavy (non-hydrogen) atoms. The fraction of sp³-hybridized carbons (Fsp3) is 0.304. The quantitative estimate of drug-likeness (QED) is 0.162. The molecular formula is C46H52Cl2N4O. The average Bonchev–Trinajstić information content (AvgIpc) is 3.15. The number of hydrogen-bond donors (Lipinski definition) is 2. The van der Waals surface area contributed by atoms with Crippen LogP contribution in [-0.4, -0.2) is 61.2 Å². The van der Waals surface area contributed by atoms with Crippen LogP contribution in [0.15, 0.2) is 121 Å². The molecule has 4 atom stereocenters. The molecule has 4 unspecified atom stereocenters. The fourth-order valence-corrected chi connectivity index (χ4v) is 8.52. The second-order valence-electron chi connectivity index (χ2n) is 14.8. The number of halogens is 2. The van der Waals surface area contributed by atoms with E-state index < -0.39 is 0 Å². The van der Waals surface area contributed by atoms with Crippen molar-refractivity contribution in [2.45, 2.75) is 51.9 Å². The van der Waals surface area contributed by atoms with Gasteiger partial charge >= 0.3 is 0 Å². The van der Waals surface area contributed by atoms with E-state index in [2.05, 4.69) is 169 Å². The van der Waals surface area contributed by atoms with Crippen LogP contribution in [0.4, 0.5) is 0 Å². The third-order valence-electron chi connectivity index (χ3n) is 11.2. The number of benzene rings is 6. The van der Waals surface area contributed by atoms with Gasteiger partial charge < -0.3 is 15.4 Å². The standard InChI is InChI=1S/C46H50N4O.2ClH/c1-31-29-49(25-23-47-31)45(39-21-19-35-11-5-7-13-37(35)27-39)41-15-9-17-43(33(41)3)51-44-18-10-16-42(34(44)4)46(50-26-24-48-32(2)30-50)40-22-20-36-12-6-8-14-38(36)28-40;;/h5-22,27-28,31-32,45-48H,23-26,29-30H2,1-4H3;2*1H. The zero-order valence-electron chi connectivity index (χ0n) is 31.2. The van der Waals surface area contributed by atoms with Crippen LogP contribution < -0.4 is 15.4 Å². The van der Waals surface area contributed by atoms with Crippen molar-refractivity contribution in [2.75, 3.05) is 39.3 Å². The number of piperazine rings is 2. The number of nitrogens with zero attached hydrogens (tertiary/aromatic N) is 2. The van der Waals surface area contributed by atoms with Gasteiger partial charge in [-0.1, -0.05) is 97.1 Å². The first kappa shape index (κ1) is 38.8. The lowest BCUT2D eigenvalue weighted by Gasteiger charge is -2.39. The van der Waals surface area contributed by atoms with E-state index in [-0.39, 0.29) is 36.9 Å². The Morgan fingerprint density at radius 3 is 1.36 bits per heavy atom. The van der Waals surface area contributed by atoms with Crippen LogP contribution in [0.1, 0.15) is 59.3 Å². The summed E-state index contributed by atoms with van der Waals surface area (Å²) in [6.45, 7) is 15.0. The molecule has 6 aromatic carbocycles. The van der Waals surface area contributed by atoms with E-state index >= 15 is 0 Å². The highest BCUT2D eigenvalue weighted by Gasteiger charge is 2.30. The molecule has 0 aromatic heterocycles. The molecule has 0 spiro atoms. The van der Waals surface area contributed by atoms with E-state index in [0.29, 0.717) is 12.1 Å². The number of nitrogens with one attached hydrogen (secondary N) is 2. The van der Waals surface area contributed by atoms with Crippen molar-refractivity contribution >= 4 is 46.4 Å². The molecule has 0 aliphatic carbocycles. The molecule has 2 heterocycles. The lowest BCUT2D eigenvalue weighted by molar-refractivity contribution is 0.169. The largest absolute Gasteiger partial charge is 0.457 e. The molecule has 2 fully saturated rings. The van der Waals surface area contributed by atoms with E-state index in [9.17, 15) is 0 Å². The SMILES string of the molecule is Cc1c(Oc2cccc(C(c3ccc4ccccc4c3)N3CCNC(C)C3)c2C)cccc1C(c1ccc2ccccc2c1)N1CCNC(C)C1.Cl.Cl. The Morgan fingerprint density at radius 2 is 0.943 bits per heavy atom. The summed E-state index contributed by atoms with van der Waals surface area (Å²) in [5.74, 6) is 1.83. The summed E-state index contributed by atoms with van der Waals surface area (Å²) in [5, 5.41) is 12.4. The molecule has 0 saturated carbocycles. The van der Waals surface area contributed by atoms with Crippen LogP contribution in [0.3, 0.4) is 0 Å². The van der Waals surface area contributed by atoms with Gasteiger partial charge in [-0.15, -0.1) is 24.8 Å². The molecule has 8 rings (SSSR count). The molecule has 0 radical (unpaired) electrons. The van der Waals surface area contributed by atoms with E-state index in [1.165, 1.54) is 54.9 Å². The first-order valence-corrected chi connectivity index (χ1v) is 18.7. The van der Waals surface area contributed by atoms with Crippen molar-refractivity contribution in [2.24, 2.45) is 0 Å². The van der Waals surface area contributed by atoms with Gasteiger partial charge in [0.05, 0.1) is 12.1 Å². The first-order chi connectivity index (χ1) is 24.9. The van der Waals surface area contributed by atoms with E-state index in [0.717, 1.165) is 50.8 Å². The summed E-state index contributed by atoms with van der Waals surface area (Å²) in [4.78, 5) is 5.29. The zero-order valence-corrected chi connectivity index (χ0v) is 32.9. The fourth-order valence-electron chi connectivity index (χ4n) is 8.52. The van der Waals surface area contributed by atoms with Gasteiger partial charge in [0.2, 0.25) is 0 Å². The second-order valence-corrected chi connectivity index (χ2v) is 14.8. The van der Waals surface area contributed by atoms with Crippen molar-refractivity contribution < 1.29 is 4.74 Å². The molecule has 0 amide bonds. The van der Waals surface area contributed by atoms with Crippen LogP contribution >= 0.6 is 24.8 Å². The Bertz CT molecular complexity index is 2020. The maximum atomic E-state index is 6.99. The van der Waals surface area contributed by atoms with Crippen LogP contribution in [0.25, 0.3) is 21.5 Å². The van der Waals surface area contributed by atoms with Gasteiger partial charge in [-0.3, -0.25) is 9.80 Å². The lowest BCUT2D eigenvalue weighted by Crippen LogP contribution is -2.50. The minimum Gasteiger partial charge on any atom is -0.457 e. The number of hydrogen-bond acceptors (Lipinski definition) is 5. The van der Waals surface area contributed by atoms with Crippen molar-refractivity contribution in [3.63, 3.8) is 0 Å². The normalized spacial score (nSPS) is 19.2. The summed E-state index contributed by atoms with van der Waals surface area (Å²) < 4.78 is 6.99. The Hall–Kier alpha value is -3.94. The van der Waals surface area contributed by atoms with Crippen molar-refractivity contribution in [3.8, 4) is 11.5 Å². The molecular weight excluding hydrogens is 695 g/mol. The summed E-state index contributed by atoms with van der Waals surface area (Å²) in [6.07, 6.45) is 0. The highest BCUT2D eigenvalue weighted by Crippen LogP contribution is 2.41. The van der Waals surface area contributed by atoms with Crippen molar-refractivity contribution in [1.29, 1.82) is 0 Å². The lowest BCUT2D eigenvalue weighted by atomic mass is 9.90. The van der Waals surface area contributed by atoms with Gasteiger partial charge in [0.15, 0.2) is 0 Å². The molecule has 6 aromatic rings. The molecule has 0 bridgehead atoms. The van der Waals surface area contributed by atoms with E-state index in [1.807, 2.05) is 0 Å². The highest BCUT2D eigenvalue weighted by atomic mass is 35.5. The highest BCUT2D eigenvalue weighted by molar-refractivity contribution is 5.86. The van der Waals surface area contributed by atoms with Gasteiger partial charge in [-0.2, -0.15) is 0 Å². The molecule has 2 N–H and O–H groups in total. The summed E-state index contributed by atoms with van der Waals surface area (Å²) in [7, 11) is 0. The van der Waals surface area contributed by atoms with E-state index in [1.54, 1.807) is 0 Å². The minimum absolute atomic E-state index is 0. The Kier molecular flexibility index (Phi) is 12.5. The van der Waals surface area contributed by atoms with Crippen molar-refractivity contribution in [3.05, 3.63) is 155 Å². The maximum absolute atomic E-state index is 6.99. The smallest absolute Gasteiger partial charge is 0.130 e. The van der Waals surface area contributed by atoms with Crippen molar-refractivity contribution in [1.82, 2.24) is 20.4 Å². The molecule has 5 nitrogen and oxygen atoms in total. The summed E-state index contributed by atoms with van der Waals surface area (Å²) in [5.41, 5.74) is 7.63. The maximum Gasteiger partial charge on any atom is 0.130 e. The first-order valence-electron chi connectivity index (χ1n) is 18.7. The van der Waals surface area contributed by atoms with E-state index in [4.69, 9.17) is 4.74 Å². The topological polar surface area (TPSA) is 39.8 Å². The second kappa shape index (κ2) is 17.0. The van der Waals surface area contributed by atoms with Gasteiger partial charge in [-0.25, -0.2) is 0 Å². The van der Waals surface area contributed by atoms with Gasteiger partial charge in [0.25, 0.3) is 0 Å². The van der Waals surface area contributed by atoms with Crippen LogP contribution in [0, 0.1) is 13.8 Å². The molecule has 276 valence electrons. The minimum atomic E-state index is 0. The number of ether oxygens (including phenoxy) is 1. The molecule has 2 aliphatic rings. The van der Waals surface area contributed by atoms with Gasteiger partial charge in [0.1, 0.15) is 11.5 Å². The molecule has 7 heteroatoms. The Balaban J connectivity index is 0.00000240. The van der Waals surface area contributed by atoms with Crippen LogP contribution in [-0.2, 0) is 0 Å². The monoisotopic (exact) mass is 746 g/mol. The van der Waals surface area contributed by atoms with Gasteiger partial charge in [-0.05, 0) is 107 Å². The zero-order chi connectivity index (χ0) is 34.9. The Morgan fingerprint density at radius 1 is 0.528 bits per heavy atom. The number of fused-ring (bicyclic) bond motifs is 2. The summed E-state index contributed by atoms with van der Waals surface area (Å²) in [6, 6.07) is 45.7. The molecule has 2 aliphatic heterocycles. The predicted molar refractivity (Wildman–Crippen MR) is 227 cm³/mol. The molecule has 2 saturated heterocycles. The number of rotatable bonds is 8. The average molecular weight is 748 g/mol. The third kappa shape index (κ3) is 8.12.